The van der Waals surface area contributed by atoms with Crippen LogP contribution >= 0.6 is 0 Å². The molecule has 116 valence electrons. The Bertz CT molecular complexity index is 514. The Hall–Kier alpha value is -1.62. The molecule has 5 heteroatoms. The third-order valence-electron chi connectivity index (χ3n) is 3.78. The predicted molar refractivity (Wildman–Crippen MR) is 83.5 cm³/mol. The van der Waals surface area contributed by atoms with Crippen molar-refractivity contribution in [3.05, 3.63) is 23.4 Å². The molecule has 2 N–H and O–H groups in total. The van der Waals surface area contributed by atoms with E-state index >= 15 is 0 Å². The van der Waals surface area contributed by atoms with Gasteiger partial charge < -0.3 is 15.3 Å². The van der Waals surface area contributed by atoms with Crippen LogP contribution in [0.2, 0.25) is 0 Å². The van der Waals surface area contributed by atoms with Crippen LogP contribution in [0, 0.1) is 0 Å². The minimum Gasteiger partial charge on any atom is -0.388 e. The van der Waals surface area contributed by atoms with Gasteiger partial charge in [-0.2, -0.15) is 0 Å². The smallest absolute Gasteiger partial charge is 0.254 e. The molecule has 1 fully saturated rings. The molecule has 2 rings (SSSR count). The van der Waals surface area contributed by atoms with Gasteiger partial charge in [0.1, 0.15) is 5.82 Å². The van der Waals surface area contributed by atoms with Crippen molar-refractivity contribution in [1.29, 1.82) is 0 Å². The summed E-state index contributed by atoms with van der Waals surface area (Å²) >= 11 is 0. The quantitative estimate of drug-likeness (QED) is 0.871. The van der Waals surface area contributed by atoms with E-state index in [1.165, 1.54) is 0 Å². The molecule has 21 heavy (non-hydrogen) atoms. The summed E-state index contributed by atoms with van der Waals surface area (Å²) in [5.74, 6) is 0.731. The largest absolute Gasteiger partial charge is 0.388 e. The molecule has 0 bridgehead atoms. The van der Waals surface area contributed by atoms with Crippen LogP contribution in [-0.2, 0) is 6.42 Å². The molecule has 1 amide bonds. The minimum atomic E-state index is -0.764. The first-order valence-electron chi connectivity index (χ1n) is 7.71. The number of carbonyl (C=O) groups is 1. The van der Waals surface area contributed by atoms with E-state index in [1.54, 1.807) is 11.8 Å². The lowest BCUT2D eigenvalue weighted by Crippen LogP contribution is -2.34. The topological polar surface area (TPSA) is 65.5 Å². The van der Waals surface area contributed by atoms with E-state index in [2.05, 4.69) is 17.2 Å². The number of aromatic nitrogens is 1. The number of hydrogen-bond donors (Lipinski definition) is 2. The van der Waals surface area contributed by atoms with Gasteiger partial charge in [0.2, 0.25) is 0 Å². The van der Waals surface area contributed by atoms with Crippen molar-refractivity contribution >= 4 is 11.7 Å². The molecule has 1 aliphatic heterocycles. The van der Waals surface area contributed by atoms with Crippen LogP contribution in [0.4, 0.5) is 5.82 Å². The summed E-state index contributed by atoms with van der Waals surface area (Å²) in [6.07, 6.45) is 2.43. The second-order valence-electron chi connectivity index (χ2n) is 5.99. The van der Waals surface area contributed by atoms with Crippen LogP contribution in [0.25, 0.3) is 0 Å². The van der Waals surface area contributed by atoms with E-state index in [0.29, 0.717) is 25.1 Å². The zero-order chi connectivity index (χ0) is 15.5. The lowest BCUT2D eigenvalue weighted by Gasteiger charge is -2.19. The third kappa shape index (κ3) is 3.94. The Kier molecular flexibility index (Phi) is 4.83. The predicted octanol–water partition coefficient (Wildman–Crippen LogP) is 2.06. The third-order valence-corrected chi connectivity index (χ3v) is 3.78. The molecule has 1 aromatic heterocycles. The van der Waals surface area contributed by atoms with Gasteiger partial charge in [0.25, 0.3) is 5.91 Å². The van der Waals surface area contributed by atoms with E-state index in [-0.39, 0.29) is 5.91 Å². The molecule has 5 nitrogen and oxygen atoms in total. The number of anilines is 1. The number of aliphatic hydroxyl groups is 1. The maximum Gasteiger partial charge on any atom is 0.254 e. The lowest BCUT2D eigenvalue weighted by atomic mass is 10.1. The molecular formula is C16H25N3O2. The van der Waals surface area contributed by atoms with Crippen LogP contribution < -0.4 is 5.32 Å². The Morgan fingerprint density at radius 3 is 2.81 bits per heavy atom. The molecule has 1 aromatic rings. The monoisotopic (exact) mass is 291 g/mol. The van der Waals surface area contributed by atoms with E-state index < -0.39 is 5.60 Å². The second kappa shape index (κ2) is 6.43. The zero-order valence-corrected chi connectivity index (χ0v) is 13.1. The summed E-state index contributed by atoms with van der Waals surface area (Å²) in [6, 6.07) is 3.66. The van der Waals surface area contributed by atoms with Crippen molar-refractivity contribution < 1.29 is 9.90 Å². The number of β-amino-alcohol motifs (C(OH)–C–C–N with tert-alkyl or cyclic N) is 1. The molecule has 2 heterocycles. The summed E-state index contributed by atoms with van der Waals surface area (Å²) < 4.78 is 0. The summed E-state index contributed by atoms with van der Waals surface area (Å²) in [6.45, 7) is 7.74. The normalized spacial score (nSPS) is 21.6. The summed E-state index contributed by atoms with van der Waals surface area (Å²) in [7, 11) is 0. The van der Waals surface area contributed by atoms with E-state index in [4.69, 9.17) is 0 Å². The Labute approximate surface area is 126 Å². The van der Waals surface area contributed by atoms with E-state index in [9.17, 15) is 9.90 Å². The molecule has 0 aromatic carbocycles. The fourth-order valence-electron chi connectivity index (χ4n) is 2.54. The number of hydrogen-bond acceptors (Lipinski definition) is 4. The van der Waals surface area contributed by atoms with Crippen LogP contribution in [0.15, 0.2) is 12.1 Å². The van der Waals surface area contributed by atoms with Crippen molar-refractivity contribution in [2.24, 2.45) is 0 Å². The highest BCUT2D eigenvalue weighted by Gasteiger charge is 2.34. The SMILES string of the molecule is CCCNc1cc(C(=O)N2CCC(C)(O)C2)cc(CC)n1. The van der Waals surface area contributed by atoms with Crippen molar-refractivity contribution in [1.82, 2.24) is 9.88 Å². The van der Waals surface area contributed by atoms with Crippen molar-refractivity contribution in [2.75, 3.05) is 25.0 Å². The van der Waals surface area contributed by atoms with Crippen LogP contribution in [0.1, 0.15) is 49.7 Å². The van der Waals surface area contributed by atoms with Gasteiger partial charge in [0.05, 0.1) is 5.60 Å². The Morgan fingerprint density at radius 2 is 2.24 bits per heavy atom. The van der Waals surface area contributed by atoms with Gasteiger partial charge >= 0.3 is 0 Å². The average Bonchev–Trinajstić information content (AvgIpc) is 2.84. The van der Waals surface area contributed by atoms with Gasteiger partial charge in [-0.25, -0.2) is 4.98 Å². The fraction of sp³-hybridized carbons (Fsp3) is 0.625. The first-order valence-corrected chi connectivity index (χ1v) is 7.71. The Morgan fingerprint density at radius 1 is 1.48 bits per heavy atom. The van der Waals surface area contributed by atoms with Gasteiger partial charge in [0.15, 0.2) is 0 Å². The standard InChI is InChI=1S/C16H25N3O2/c1-4-7-17-14-10-12(9-13(5-2)18-14)15(20)19-8-6-16(3,21)11-19/h9-10,21H,4-8,11H2,1-3H3,(H,17,18). The average molecular weight is 291 g/mol. The number of amides is 1. The number of likely N-dealkylation sites (tertiary alicyclic amines) is 1. The summed E-state index contributed by atoms with van der Waals surface area (Å²) in [5, 5.41) is 13.3. The zero-order valence-electron chi connectivity index (χ0n) is 13.1. The number of nitrogens with one attached hydrogen (secondary N) is 1. The maximum absolute atomic E-state index is 12.6. The molecule has 0 aliphatic carbocycles. The minimum absolute atomic E-state index is 0.0237. The van der Waals surface area contributed by atoms with Crippen molar-refractivity contribution in [2.45, 2.75) is 45.6 Å². The highest BCUT2D eigenvalue weighted by Crippen LogP contribution is 2.23. The van der Waals surface area contributed by atoms with Crippen molar-refractivity contribution in [3.63, 3.8) is 0 Å². The summed E-state index contributed by atoms with van der Waals surface area (Å²) in [4.78, 5) is 18.8. The second-order valence-corrected chi connectivity index (χ2v) is 5.99. The van der Waals surface area contributed by atoms with Crippen LogP contribution in [0.3, 0.4) is 0 Å². The molecule has 0 radical (unpaired) electrons. The van der Waals surface area contributed by atoms with Gasteiger partial charge in [-0.15, -0.1) is 0 Å². The molecule has 0 spiro atoms. The van der Waals surface area contributed by atoms with E-state index in [1.807, 2.05) is 19.1 Å². The molecule has 0 saturated carbocycles. The number of nitrogens with zero attached hydrogens (tertiary/aromatic N) is 2. The molecule has 1 aliphatic rings. The Balaban J connectivity index is 2.19. The highest BCUT2D eigenvalue weighted by molar-refractivity contribution is 5.95. The first-order chi connectivity index (χ1) is 9.95. The van der Waals surface area contributed by atoms with Gasteiger partial charge in [-0.05, 0) is 38.3 Å². The number of carbonyl (C=O) groups excluding carboxylic acids is 1. The molecule has 1 unspecified atom stereocenters. The molecular weight excluding hydrogens is 266 g/mol. The molecule has 1 saturated heterocycles. The van der Waals surface area contributed by atoms with Gasteiger partial charge in [-0.3, -0.25) is 4.79 Å². The number of aryl methyl sites for hydroxylation is 1. The molecule has 1 atom stereocenters. The summed E-state index contributed by atoms with van der Waals surface area (Å²) in [5.41, 5.74) is 0.795. The number of rotatable bonds is 5. The van der Waals surface area contributed by atoms with E-state index in [0.717, 1.165) is 30.9 Å². The van der Waals surface area contributed by atoms with Crippen LogP contribution in [0.5, 0.6) is 0 Å². The van der Waals surface area contributed by atoms with Crippen molar-refractivity contribution in [3.8, 4) is 0 Å². The first kappa shape index (κ1) is 15.8. The number of pyridine rings is 1. The van der Waals surface area contributed by atoms with Gasteiger partial charge in [-0.1, -0.05) is 13.8 Å². The lowest BCUT2D eigenvalue weighted by molar-refractivity contribution is 0.0572. The maximum atomic E-state index is 12.6. The highest BCUT2D eigenvalue weighted by atomic mass is 16.3. The van der Waals surface area contributed by atoms with Gasteiger partial charge in [0, 0.05) is 30.9 Å². The van der Waals surface area contributed by atoms with Crippen LogP contribution in [-0.4, -0.2) is 46.1 Å². The fourth-order valence-corrected chi connectivity index (χ4v) is 2.54.